The van der Waals surface area contributed by atoms with Gasteiger partial charge >= 0.3 is 5.97 Å². The fourth-order valence-electron chi connectivity index (χ4n) is 4.26. The summed E-state index contributed by atoms with van der Waals surface area (Å²) in [6, 6.07) is 13.3. The first kappa shape index (κ1) is 25.7. The molecule has 1 aliphatic rings. The molecule has 2 aromatic carbocycles. The zero-order chi connectivity index (χ0) is 26.0. The van der Waals surface area contributed by atoms with E-state index in [1.807, 2.05) is 50.2 Å². The molecule has 3 aromatic rings. The number of amides is 1. The van der Waals surface area contributed by atoms with E-state index in [-0.39, 0.29) is 34.3 Å². The van der Waals surface area contributed by atoms with Crippen molar-refractivity contribution >= 4 is 40.8 Å². The number of benzene rings is 2. The third-order valence-corrected chi connectivity index (χ3v) is 6.88. The standard InChI is InChI=1S/C27H25Cl2N3O4/c1-15-11-16(2)31-25(36-14-17-7-5-4-6-8-17)20(15)13-32-10-9-18-21(28)12-19(24(30)27(34)35-3)23(29)22(18)26(32)33/h4-8,11-12,30H,9-10,13-14H2,1-3H3/p+1. The summed E-state index contributed by atoms with van der Waals surface area (Å²) in [7, 11) is 1.21. The molecule has 9 heteroatoms. The third kappa shape index (κ3) is 5.08. The average molecular weight is 527 g/mol. The maximum Gasteiger partial charge on any atom is 0.403 e. The number of ether oxygens (including phenoxy) is 2. The Balaban J connectivity index is 1.66. The number of aromatic nitrogens is 1. The molecule has 0 spiro atoms. The van der Waals surface area contributed by atoms with Gasteiger partial charge in [0.2, 0.25) is 5.88 Å². The van der Waals surface area contributed by atoms with E-state index >= 15 is 0 Å². The quantitative estimate of drug-likeness (QED) is 0.375. The first-order valence-electron chi connectivity index (χ1n) is 11.4. The van der Waals surface area contributed by atoms with Crippen LogP contribution in [0, 0.1) is 13.8 Å². The molecule has 0 aliphatic carbocycles. The number of nitrogens with two attached hydrogens (primary N) is 1. The maximum atomic E-state index is 13.6. The lowest BCUT2D eigenvalue weighted by atomic mass is 9.94. The highest BCUT2D eigenvalue weighted by molar-refractivity contribution is 6.47. The summed E-state index contributed by atoms with van der Waals surface area (Å²) in [5, 5.41) is 6.34. The monoisotopic (exact) mass is 526 g/mol. The minimum atomic E-state index is -0.755. The summed E-state index contributed by atoms with van der Waals surface area (Å²) in [6.45, 7) is 4.93. The summed E-state index contributed by atoms with van der Waals surface area (Å²) < 4.78 is 10.8. The normalized spacial score (nSPS) is 12.8. The van der Waals surface area contributed by atoms with E-state index in [4.69, 9.17) is 38.1 Å². The number of hydrogen-bond donors (Lipinski definition) is 1. The second-order valence-corrected chi connectivity index (χ2v) is 9.38. The maximum absolute atomic E-state index is 13.6. The van der Waals surface area contributed by atoms with Crippen LogP contribution in [0.1, 0.15) is 43.9 Å². The predicted octanol–water partition coefficient (Wildman–Crippen LogP) is 3.50. The highest BCUT2D eigenvalue weighted by Crippen LogP contribution is 2.36. The summed E-state index contributed by atoms with van der Waals surface area (Å²) in [5.74, 6) is -0.581. The third-order valence-electron chi connectivity index (χ3n) is 6.15. The van der Waals surface area contributed by atoms with Crippen LogP contribution in [0.25, 0.3) is 0 Å². The van der Waals surface area contributed by atoms with Crippen LogP contribution in [0.3, 0.4) is 0 Å². The molecular weight excluding hydrogens is 501 g/mol. The number of halogens is 2. The molecule has 2 heterocycles. The molecular formula is C27H26Cl2N3O4+. The lowest BCUT2D eigenvalue weighted by molar-refractivity contribution is -0.149. The molecule has 0 atom stereocenters. The van der Waals surface area contributed by atoms with Gasteiger partial charge in [0.25, 0.3) is 11.6 Å². The Kier molecular flexibility index (Phi) is 7.62. The second-order valence-electron chi connectivity index (χ2n) is 8.59. The van der Waals surface area contributed by atoms with E-state index in [1.54, 1.807) is 4.90 Å². The van der Waals surface area contributed by atoms with E-state index in [9.17, 15) is 9.59 Å². The van der Waals surface area contributed by atoms with Gasteiger partial charge in [0.05, 0.1) is 29.8 Å². The van der Waals surface area contributed by atoms with Crippen LogP contribution < -0.4 is 10.1 Å². The van der Waals surface area contributed by atoms with Crippen LogP contribution in [0.5, 0.6) is 5.88 Å². The Labute approximate surface area is 219 Å². The Bertz CT molecular complexity index is 1360. The lowest BCUT2D eigenvalue weighted by Crippen LogP contribution is -2.46. The van der Waals surface area contributed by atoms with Gasteiger partial charge in [-0.05, 0) is 49.1 Å². The summed E-state index contributed by atoms with van der Waals surface area (Å²) in [6.07, 6.45) is 0.497. The number of carbonyl (C=O) groups is 2. The van der Waals surface area contributed by atoms with Crippen molar-refractivity contribution in [1.29, 1.82) is 0 Å². The molecule has 0 saturated heterocycles. The molecule has 1 amide bonds. The molecule has 186 valence electrons. The van der Waals surface area contributed by atoms with Crippen molar-refractivity contribution in [3.63, 3.8) is 0 Å². The van der Waals surface area contributed by atoms with Crippen LogP contribution in [0.2, 0.25) is 10.0 Å². The van der Waals surface area contributed by atoms with Crippen molar-refractivity contribution in [3.05, 3.63) is 91.6 Å². The van der Waals surface area contributed by atoms with Crippen LogP contribution in [-0.4, -0.2) is 41.1 Å². The van der Waals surface area contributed by atoms with E-state index in [0.29, 0.717) is 36.0 Å². The van der Waals surface area contributed by atoms with Crippen LogP contribution in [-0.2, 0) is 29.1 Å². The van der Waals surface area contributed by atoms with Gasteiger partial charge in [0.1, 0.15) is 6.61 Å². The number of methoxy groups -OCH3 is 1. The molecule has 7 nitrogen and oxygen atoms in total. The molecule has 4 rings (SSSR count). The number of hydrogen-bond acceptors (Lipinski definition) is 5. The topological polar surface area (TPSA) is 94.3 Å². The van der Waals surface area contributed by atoms with Crippen molar-refractivity contribution in [2.75, 3.05) is 13.7 Å². The number of aryl methyl sites for hydroxylation is 2. The van der Waals surface area contributed by atoms with Gasteiger partial charge in [-0.15, -0.1) is 0 Å². The van der Waals surface area contributed by atoms with Gasteiger partial charge < -0.3 is 14.4 Å². The Morgan fingerprint density at radius 3 is 2.58 bits per heavy atom. The van der Waals surface area contributed by atoms with E-state index < -0.39 is 5.97 Å². The van der Waals surface area contributed by atoms with Crippen molar-refractivity contribution in [2.24, 2.45) is 0 Å². The van der Waals surface area contributed by atoms with Crippen LogP contribution >= 0.6 is 23.2 Å². The van der Waals surface area contributed by atoms with E-state index in [1.165, 1.54) is 13.2 Å². The molecule has 0 radical (unpaired) electrons. The summed E-state index contributed by atoms with van der Waals surface area (Å²) in [5.41, 5.74) is 4.43. The number of esters is 1. The van der Waals surface area contributed by atoms with Crippen molar-refractivity contribution in [3.8, 4) is 5.88 Å². The molecule has 1 aliphatic heterocycles. The predicted molar refractivity (Wildman–Crippen MR) is 137 cm³/mol. The zero-order valence-corrected chi connectivity index (χ0v) is 21.7. The van der Waals surface area contributed by atoms with Crippen molar-refractivity contribution in [1.82, 2.24) is 9.88 Å². The molecule has 0 bridgehead atoms. The first-order valence-corrected chi connectivity index (χ1v) is 12.1. The highest BCUT2D eigenvalue weighted by atomic mass is 35.5. The number of fused-ring (bicyclic) bond motifs is 1. The van der Waals surface area contributed by atoms with Gasteiger partial charge in [0, 0.05) is 22.8 Å². The van der Waals surface area contributed by atoms with Gasteiger partial charge in [-0.1, -0.05) is 53.5 Å². The number of pyridine rings is 1. The number of nitrogens with zero attached hydrogens (tertiary/aromatic N) is 2. The Morgan fingerprint density at radius 2 is 1.89 bits per heavy atom. The Morgan fingerprint density at radius 1 is 1.17 bits per heavy atom. The average Bonchev–Trinajstić information content (AvgIpc) is 2.87. The lowest BCUT2D eigenvalue weighted by Gasteiger charge is -2.31. The highest BCUT2D eigenvalue weighted by Gasteiger charge is 2.34. The Hall–Kier alpha value is -3.42. The SMILES string of the molecule is COC(=O)C(=[NH2+])c1cc(Cl)c2c(c1Cl)C(=O)N(Cc1c(C)cc(C)nc1OCc1ccccc1)CC2. The largest absolute Gasteiger partial charge is 0.473 e. The summed E-state index contributed by atoms with van der Waals surface area (Å²) in [4.78, 5) is 31.9. The van der Waals surface area contributed by atoms with E-state index in [2.05, 4.69) is 4.98 Å². The smallest absolute Gasteiger partial charge is 0.403 e. The van der Waals surface area contributed by atoms with Gasteiger partial charge in [-0.2, -0.15) is 0 Å². The zero-order valence-electron chi connectivity index (χ0n) is 20.2. The van der Waals surface area contributed by atoms with Crippen LogP contribution in [0.4, 0.5) is 0 Å². The first-order chi connectivity index (χ1) is 17.2. The molecule has 36 heavy (non-hydrogen) atoms. The van der Waals surface area contributed by atoms with Gasteiger partial charge in [-0.25, -0.2) is 15.2 Å². The van der Waals surface area contributed by atoms with Gasteiger partial charge in [0.15, 0.2) is 0 Å². The van der Waals surface area contributed by atoms with Crippen LogP contribution in [0.15, 0.2) is 42.5 Å². The number of carbonyl (C=O) groups excluding carboxylic acids is 2. The molecule has 0 unspecified atom stereocenters. The fourth-order valence-corrected chi connectivity index (χ4v) is 4.91. The van der Waals surface area contributed by atoms with Crippen molar-refractivity contribution in [2.45, 2.75) is 33.4 Å². The molecule has 0 fully saturated rings. The minimum Gasteiger partial charge on any atom is -0.473 e. The molecule has 1 aromatic heterocycles. The fraction of sp³-hybridized carbons (Fsp3) is 0.259. The summed E-state index contributed by atoms with van der Waals surface area (Å²) >= 11 is 13.1. The molecule has 0 saturated carbocycles. The minimum absolute atomic E-state index is 0.0753. The van der Waals surface area contributed by atoms with E-state index in [0.717, 1.165) is 22.4 Å². The second kappa shape index (κ2) is 10.7. The van der Waals surface area contributed by atoms with Gasteiger partial charge in [-0.3, -0.25) is 4.79 Å². The van der Waals surface area contributed by atoms with Crippen molar-refractivity contribution < 1.29 is 24.5 Å². The molecule has 2 N–H and O–H groups in total. The number of rotatable bonds is 7.